The van der Waals surface area contributed by atoms with Crippen LogP contribution in [0.15, 0.2) is 0 Å². The van der Waals surface area contributed by atoms with E-state index in [0.29, 0.717) is 0 Å². The van der Waals surface area contributed by atoms with Crippen molar-refractivity contribution in [2.75, 3.05) is 6.26 Å². The summed E-state index contributed by atoms with van der Waals surface area (Å²) in [5.74, 6) is 0. The van der Waals surface area contributed by atoms with E-state index in [1.807, 2.05) is 0 Å². The minimum atomic E-state index is -2.99. The quantitative estimate of drug-likeness (QED) is 0.601. The monoisotopic (exact) mass is 179 g/mol. The van der Waals surface area contributed by atoms with Gasteiger partial charge in [0.15, 0.2) is 9.84 Å². The molecule has 3 unspecified atom stereocenters. The van der Waals surface area contributed by atoms with Gasteiger partial charge in [0.2, 0.25) is 0 Å². The molecular formula is C6H13NO3S. The smallest absolute Gasteiger partial charge is 0.154 e. The molecule has 4 nitrogen and oxygen atoms in total. The fraction of sp³-hybridized carbons (Fsp3) is 1.00. The first kappa shape index (κ1) is 8.96. The van der Waals surface area contributed by atoms with Crippen molar-refractivity contribution in [2.24, 2.45) is 0 Å². The number of nitrogens with one attached hydrogen (secondary N) is 1. The van der Waals surface area contributed by atoms with Gasteiger partial charge in [0, 0.05) is 12.3 Å². The molecule has 1 saturated heterocycles. The maximum atomic E-state index is 11.1. The first-order valence-corrected chi connectivity index (χ1v) is 5.48. The Bertz CT molecular complexity index is 226. The molecule has 1 rings (SSSR count). The zero-order valence-corrected chi connectivity index (χ0v) is 7.68. The van der Waals surface area contributed by atoms with Crippen LogP contribution < -0.4 is 5.48 Å². The van der Waals surface area contributed by atoms with Crippen LogP contribution in [0.1, 0.15) is 13.8 Å². The van der Waals surface area contributed by atoms with Crippen molar-refractivity contribution in [1.29, 1.82) is 0 Å². The molecule has 0 bridgehead atoms. The lowest BCUT2D eigenvalue weighted by Crippen LogP contribution is -2.36. The van der Waals surface area contributed by atoms with Crippen molar-refractivity contribution >= 4 is 9.84 Å². The minimum Gasteiger partial charge on any atom is -0.297 e. The van der Waals surface area contributed by atoms with Crippen LogP contribution in [0.4, 0.5) is 0 Å². The van der Waals surface area contributed by atoms with E-state index in [9.17, 15) is 8.42 Å². The predicted molar refractivity (Wildman–Crippen MR) is 41.8 cm³/mol. The number of rotatable bonds is 1. The highest BCUT2D eigenvalue weighted by atomic mass is 32.2. The van der Waals surface area contributed by atoms with Gasteiger partial charge < -0.3 is 0 Å². The lowest BCUT2D eigenvalue weighted by molar-refractivity contribution is 0.0385. The fourth-order valence-corrected chi connectivity index (χ4v) is 3.02. The third kappa shape index (κ3) is 1.72. The van der Waals surface area contributed by atoms with Gasteiger partial charge in [-0.1, -0.05) is 0 Å². The fourth-order valence-electron chi connectivity index (χ4n) is 1.47. The molecule has 1 heterocycles. The maximum Gasteiger partial charge on any atom is 0.154 e. The molecule has 0 aromatic heterocycles. The lowest BCUT2D eigenvalue weighted by Gasteiger charge is -2.13. The van der Waals surface area contributed by atoms with Crippen molar-refractivity contribution in [1.82, 2.24) is 5.48 Å². The van der Waals surface area contributed by atoms with E-state index < -0.39 is 15.1 Å². The molecule has 1 N–H and O–H groups in total. The second-order valence-electron chi connectivity index (χ2n) is 3.02. The largest absolute Gasteiger partial charge is 0.297 e. The van der Waals surface area contributed by atoms with E-state index in [1.54, 1.807) is 13.8 Å². The van der Waals surface area contributed by atoms with E-state index in [0.717, 1.165) is 0 Å². The molecule has 0 radical (unpaired) electrons. The van der Waals surface area contributed by atoms with Gasteiger partial charge in [0.1, 0.15) is 5.25 Å². The van der Waals surface area contributed by atoms with Crippen LogP contribution in [0, 0.1) is 0 Å². The van der Waals surface area contributed by atoms with Crippen LogP contribution in [0.2, 0.25) is 0 Å². The Hall–Kier alpha value is -0.130. The second kappa shape index (κ2) is 2.73. The Morgan fingerprint density at radius 1 is 1.36 bits per heavy atom. The highest BCUT2D eigenvalue weighted by Crippen LogP contribution is 2.17. The molecule has 0 saturated carbocycles. The number of sulfone groups is 1. The standard InChI is InChI=1S/C6H13NO3S/c1-4-6(11(3,8)9)5(2)10-7-4/h4-7H,1-3H3. The summed E-state index contributed by atoms with van der Waals surface area (Å²) in [4.78, 5) is 4.98. The molecule has 0 aromatic rings. The first-order valence-electron chi connectivity index (χ1n) is 3.53. The topological polar surface area (TPSA) is 55.4 Å². The van der Waals surface area contributed by atoms with E-state index in [1.165, 1.54) is 6.26 Å². The van der Waals surface area contributed by atoms with Crippen LogP contribution >= 0.6 is 0 Å². The molecule has 1 aliphatic rings. The van der Waals surface area contributed by atoms with Gasteiger partial charge in [-0.3, -0.25) is 4.84 Å². The van der Waals surface area contributed by atoms with E-state index in [-0.39, 0.29) is 12.1 Å². The van der Waals surface area contributed by atoms with Crippen LogP contribution in [0.25, 0.3) is 0 Å². The molecule has 11 heavy (non-hydrogen) atoms. The van der Waals surface area contributed by atoms with Crippen LogP contribution in [-0.2, 0) is 14.7 Å². The Morgan fingerprint density at radius 2 is 1.91 bits per heavy atom. The summed E-state index contributed by atoms with van der Waals surface area (Å²) < 4.78 is 22.3. The van der Waals surface area contributed by atoms with Crippen molar-refractivity contribution in [3.8, 4) is 0 Å². The summed E-state index contributed by atoms with van der Waals surface area (Å²) >= 11 is 0. The van der Waals surface area contributed by atoms with E-state index >= 15 is 0 Å². The predicted octanol–water partition coefficient (Wildman–Crippen LogP) is -0.289. The molecule has 0 spiro atoms. The molecule has 1 aliphatic heterocycles. The summed E-state index contributed by atoms with van der Waals surface area (Å²) in [5, 5.41) is -0.414. The Labute approximate surface area is 66.8 Å². The summed E-state index contributed by atoms with van der Waals surface area (Å²) in [7, 11) is -2.99. The summed E-state index contributed by atoms with van der Waals surface area (Å²) in [5.41, 5.74) is 2.65. The molecule has 1 fully saturated rings. The molecule has 0 amide bonds. The van der Waals surface area contributed by atoms with Gasteiger partial charge >= 0.3 is 0 Å². The van der Waals surface area contributed by atoms with E-state index in [4.69, 9.17) is 4.84 Å². The molecular weight excluding hydrogens is 166 g/mol. The van der Waals surface area contributed by atoms with Crippen LogP contribution in [-0.4, -0.2) is 32.1 Å². The minimum absolute atomic E-state index is 0.111. The normalized spacial score (nSPS) is 39.4. The molecule has 5 heteroatoms. The van der Waals surface area contributed by atoms with Gasteiger partial charge in [-0.05, 0) is 13.8 Å². The third-order valence-corrected chi connectivity index (χ3v) is 3.67. The zero-order valence-electron chi connectivity index (χ0n) is 6.87. The highest BCUT2D eigenvalue weighted by molar-refractivity contribution is 7.91. The summed E-state index contributed by atoms with van der Waals surface area (Å²) in [6, 6.07) is -0.111. The number of hydrogen-bond donors (Lipinski definition) is 1. The van der Waals surface area contributed by atoms with Crippen LogP contribution in [0.5, 0.6) is 0 Å². The maximum absolute atomic E-state index is 11.1. The Morgan fingerprint density at radius 3 is 2.09 bits per heavy atom. The van der Waals surface area contributed by atoms with Gasteiger partial charge in [-0.15, -0.1) is 0 Å². The summed E-state index contributed by atoms with van der Waals surface area (Å²) in [6.07, 6.45) is 0.987. The van der Waals surface area contributed by atoms with Crippen LogP contribution in [0.3, 0.4) is 0 Å². The molecule has 66 valence electrons. The van der Waals surface area contributed by atoms with E-state index in [2.05, 4.69) is 5.48 Å². The average Bonchev–Trinajstić information content (AvgIpc) is 2.08. The summed E-state index contributed by atoms with van der Waals surface area (Å²) in [6.45, 7) is 3.55. The lowest BCUT2D eigenvalue weighted by atomic mass is 10.2. The first-order chi connectivity index (χ1) is 4.93. The van der Waals surface area contributed by atoms with Gasteiger partial charge in [0.05, 0.1) is 6.10 Å². The van der Waals surface area contributed by atoms with Gasteiger partial charge in [-0.25, -0.2) is 8.42 Å². The highest BCUT2D eigenvalue weighted by Gasteiger charge is 2.38. The Kier molecular flexibility index (Phi) is 2.22. The SMILES string of the molecule is CC1NOC(C)C1S(C)(=O)=O. The van der Waals surface area contributed by atoms with Crippen molar-refractivity contribution in [2.45, 2.75) is 31.2 Å². The number of hydrogen-bond acceptors (Lipinski definition) is 4. The van der Waals surface area contributed by atoms with Crippen molar-refractivity contribution in [3.05, 3.63) is 0 Å². The van der Waals surface area contributed by atoms with Crippen molar-refractivity contribution < 1.29 is 13.3 Å². The average molecular weight is 179 g/mol. The molecule has 3 atom stereocenters. The molecule has 0 aliphatic carbocycles. The van der Waals surface area contributed by atoms with Crippen molar-refractivity contribution in [3.63, 3.8) is 0 Å². The van der Waals surface area contributed by atoms with Gasteiger partial charge in [0.25, 0.3) is 0 Å². The zero-order chi connectivity index (χ0) is 8.65. The Balaban J connectivity index is 2.86. The van der Waals surface area contributed by atoms with Gasteiger partial charge in [-0.2, -0.15) is 5.48 Å². The third-order valence-electron chi connectivity index (χ3n) is 1.89. The number of hydroxylamine groups is 1. The molecule has 0 aromatic carbocycles. The second-order valence-corrected chi connectivity index (χ2v) is 5.23.